The van der Waals surface area contributed by atoms with Gasteiger partial charge >= 0.3 is 0 Å². The molecule has 0 N–H and O–H groups in total. The molecule has 0 heterocycles. The zero-order valence-corrected chi connectivity index (χ0v) is 6.20. The summed E-state index contributed by atoms with van der Waals surface area (Å²) in [7, 11) is 0. The molecular formula is C8H16. The molecule has 0 saturated heterocycles. The van der Waals surface area contributed by atoms with Crippen molar-refractivity contribution in [2.45, 2.75) is 40.0 Å². The first-order valence-corrected chi connectivity index (χ1v) is 3.63. The highest BCUT2D eigenvalue weighted by molar-refractivity contribution is 4.81. The first-order chi connectivity index (χ1) is 3.63. The highest BCUT2D eigenvalue weighted by Crippen LogP contribution is 2.41. The lowest BCUT2D eigenvalue weighted by Gasteiger charge is -2.22. The Balaban J connectivity index is 2.54. The Labute approximate surface area is 52.3 Å². The molecule has 0 radical (unpaired) electrons. The van der Waals surface area contributed by atoms with Gasteiger partial charge in [0.15, 0.2) is 0 Å². The zero-order chi connectivity index (χ0) is 6.20. The van der Waals surface area contributed by atoms with Crippen molar-refractivity contribution >= 4 is 0 Å². The number of rotatable bonds is 0. The standard InChI is InChI=1S/C8H16/c1-7-5-4-6-8(7,2)3/h7H,4-6H2,1-3H3/t7-/m0/s1. The van der Waals surface area contributed by atoms with Crippen LogP contribution >= 0.6 is 0 Å². The summed E-state index contributed by atoms with van der Waals surface area (Å²) < 4.78 is 0. The van der Waals surface area contributed by atoms with Crippen LogP contribution in [0.1, 0.15) is 40.0 Å². The Morgan fingerprint density at radius 3 is 2.12 bits per heavy atom. The Bertz CT molecular complexity index is 82.0. The average Bonchev–Trinajstić information content (AvgIpc) is 1.86. The molecule has 1 saturated carbocycles. The molecule has 0 aromatic carbocycles. The van der Waals surface area contributed by atoms with E-state index >= 15 is 0 Å². The fourth-order valence-corrected chi connectivity index (χ4v) is 1.50. The van der Waals surface area contributed by atoms with E-state index in [0.29, 0.717) is 5.41 Å². The van der Waals surface area contributed by atoms with Crippen LogP contribution in [0.25, 0.3) is 0 Å². The van der Waals surface area contributed by atoms with Crippen LogP contribution in [0.5, 0.6) is 0 Å². The molecule has 0 nitrogen and oxygen atoms in total. The summed E-state index contributed by atoms with van der Waals surface area (Å²) in [6.07, 6.45) is 4.34. The molecule has 0 unspecified atom stereocenters. The lowest BCUT2D eigenvalue weighted by molar-refractivity contribution is 0.281. The predicted octanol–water partition coefficient (Wildman–Crippen LogP) is 2.83. The van der Waals surface area contributed by atoms with Gasteiger partial charge in [-0.3, -0.25) is 0 Å². The molecular weight excluding hydrogens is 96.1 g/mol. The molecule has 1 atom stereocenters. The Morgan fingerprint density at radius 2 is 2.00 bits per heavy atom. The minimum absolute atomic E-state index is 0.653. The van der Waals surface area contributed by atoms with E-state index in [2.05, 4.69) is 20.8 Å². The van der Waals surface area contributed by atoms with E-state index in [1.54, 1.807) is 0 Å². The third-order valence-electron chi connectivity index (χ3n) is 2.79. The van der Waals surface area contributed by atoms with Crippen LogP contribution in [0.3, 0.4) is 0 Å². The van der Waals surface area contributed by atoms with Crippen LogP contribution in [0.2, 0.25) is 0 Å². The molecule has 1 aliphatic carbocycles. The lowest BCUT2D eigenvalue weighted by atomic mass is 9.83. The van der Waals surface area contributed by atoms with Gasteiger partial charge in [0.2, 0.25) is 0 Å². The summed E-state index contributed by atoms with van der Waals surface area (Å²) in [4.78, 5) is 0. The van der Waals surface area contributed by atoms with E-state index in [-0.39, 0.29) is 0 Å². The Kier molecular flexibility index (Phi) is 1.34. The topological polar surface area (TPSA) is 0 Å². The van der Waals surface area contributed by atoms with Gasteiger partial charge < -0.3 is 0 Å². The summed E-state index contributed by atoms with van der Waals surface area (Å²) in [6, 6.07) is 0. The normalized spacial score (nSPS) is 35.6. The first kappa shape index (κ1) is 6.12. The smallest absolute Gasteiger partial charge is 0.0329 e. The zero-order valence-electron chi connectivity index (χ0n) is 6.20. The molecule has 1 aliphatic rings. The maximum atomic E-state index is 2.38. The fraction of sp³-hybridized carbons (Fsp3) is 1.00. The molecule has 0 spiro atoms. The highest BCUT2D eigenvalue weighted by Gasteiger charge is 2.30. The summed E-state index contributed by atoms with van der Waals surface area (Å²) in [5.41, 5.74) is 0.653. The molecule has 0 bridgehead atoms. The third-order valence-corrected chi connectivity index (χ3v) is 2.79. The number of hydrogen-bond donors (Lipinski definition) is 0. The van der Waals surface area contributed by atoms with Gasteiger partial charge in [0.1, 0.15) is 0 Å². The molecule has 1 fully saturated rings. The van der Waals surface area contributed by atoms with Crippen molar-refractivity contribution in [2.75, 3.05) is 0 Å². The van der Waals surface area contributed by atoms with E-state index < -0.39 is 0 Å². The van der Waals surface area contributed by atoms with Crippen LogP contribution in [0, 0.1) is 11.3 Å². The van der Waals surface area contributed by atoms with Crippen molar-refractivity contribution in [3.63, 3.8) is 0 Å². The minimum Gasteiger partial charge on any atom is -0.0620 e. The van der Waals surface area contributed by atoms with Crippen molar-refractivity contribution < 1.29 is 0 Å². The first-order valence-electron chi connectivity index (χ1n) is 3.63. The quantitative estimate of drug-likeness (QED) is 0.452. The van der Waals surface area contributed by atoms with Crippen LogP contribution < -0.4 is 0 Å². The van der Waals surface area contributed by atoms with Crippen molar-refractivity contribution in [2.24, 2.45) is 11.3 Å². The second-order valence-electron chi connectivity index (χ2n) is 3.78. The maximum Gasteiger partial charge on any atom is -0.0329 e. The van der Waals surface area contributed by atoms with Gasteiger partial charge in [0.25, 0.3) is 0 Å². The molecule has 0 amide bonds. The summed E-state index contributed by atoms with van der Waals surface area (Å²) in [5, 5.41) is 0. The van der Waals surface area contributed by atoms with Crippen LogP contribution in [0.4, 0.5) is 0 Å². The maximum absolute atomic E-state index is 2.38. The van der Waals surface area contributed by atoms with Crippen LogP contribution in [-0.2, 0) is 0 Å². The molecule has 0 aliphatic heterocycles. The van der Waals surface area contributed by atoms with Crippen molar-refractivity contribution in [3.05, 3.63) is 0 Å². The van der Waals surface area contributed by atoms with Crippen LogP contribution in [-0.4, -0.2) is 0 Å². The monoisotopic (exact) mass is 112 g/mol. The summed E-state index contributed by atoms with van der Waals surface area (Å²) in [5.74, 6) is 0.961. The van der Waals surface area contributed by atoms with E-state index in [1.807, 2.05) is 0 Å². The van der Waals surface area contributed by atoms with Gasteiger partial charge in [-0.2, -0.15) is 0 Å². The van der Waals surface area contributed by atoms with Crippen LogP contribution in [0.15, 0.2) is 0 Å². The lowest BCUT2D eigenvalue weighted by Crippen LogP contribution is -2.13. The van der Waals surface area contributed by atoms with Gasteiger partial charge in [0, 0.05) is 0 Å². The van der Waals surface area contributed by atoms with Crippen molar-refractivity contribution in [1.82, 2.24) is 0 Å². The highest BCUT2D eigenvalue weighted by atomic mass is 14.4. The van der Waals surface area contributed by atoms with Crippen molar-refractivity contribution in [3.8, 4) is 0 Å². The van der Waals surface area contributed by atoms with E-state index in [4.69, 9.17) is 0 Å². The third kappa shape index (κ3) is 0.888. The Hall–Kier alpha value is 0. The van der Waals surface area contributed by atoms with Gasteiger partial charge in [-0.25, -0.2) is 0 Å². The van der Waals surface area contributed by atoms with Gasteiger partial charge in [-0.1, -0.05) is 33.6 Å². The SMILES string of the molecule is C[C@H]1CCCC1(C)C. The van der Waals surface area contributed by atoms with E-state index in [1.165, 1.54) is 19.3 Å². The van der Waals surface area contributed by atoms with Gasteiger partial charge in [0.05, 0.1) is 0 Å². The minimum atomic E-state index is 0.653. The van der Waals surface area contributed by atoms with Gasteiger partial charge in [-0.05, 0) is 17.8 Å². The molecule has 1 rings (SSSR count). The molecule has 0 aromatic rings. The van der Waals surface area contributed by atoms with E-state index in [9.17, 15) is 0 Å². The number of hydrogen-bond acceptors (Lipinski definition) is 0. The largest absolute Gasteiger partial charge is 0.0620 e. The second-order valence-corrected chi connectivity index (χ2v) is 3.78. The predicted molar refractivity (Wildman–Crippen MR) is 36.8 cm³/mol. The molecule has 48 valence electrons. The Morgan fingerprint density at radius 1 is 1.38 bits per heavy atom. The second kappa shape index (κ2) is 1.75. The van der Waals surface area contributed by atoms with Crippen molar-refractivity contribution in [1.29, 1.82) is 0 Å². The average molecular weight is 112 g/mol. The summed E-state index contributed by atoms with van der Waals surface area (Å²) >= 11 is 0. The molecule has 8 heavy (non-hydrogen) atoms. The summed E-state index contributed by atoms with van der Waals surface area (Å²) in [6.45, 7) is 7.13. The fourth-order valence-electron chi connectivity index (χ4n) is 1.50. The molecule has 0 heteroatoms. The van der Waals surface area contributed by atoms with E-state index in [0.717, 1.165) is 5.92 Å². The molecule has 0 aromatic heterocycles. The van der Waals surface area contributed by atoms with Gasteiger partial charge in [-0.15, -0.1) is 0 Å².